The van der Waals surface area contributed by atoms with Crippen LogP contribution >= 0.6 is 15.9 Å². The Morgan fingerprint density at radius 3 is 2.73 bits per heavy atom. The minimum absolute atomic E-state index is 0.0735. The largest absolute Gasteiger partial charge is 0.370 e. The lowest BCUT2D eigenvalue weighted by Gasteiger charge is -2.20. The van der Waals surface area contributed by atoms with Crippen LogP contribution in [0.4, 0.5) is 4.39 Å². The van der Waals surface area contributed by atoms with Gasteiger partial charge in [0.25, 0.3) is 0 Å². The fourth-order valence-electron chi connectivity index (χ4n) is 1.29. The van der Waals surface area contributed by atoms with Crippen molar-refractivity contribution in [2.24, 2.45) is 0 Å². The molecular formula is C12H16BrFO. The van der Waals surface area contributed by atoms with E-state index in [2.05, 4.69) is 22.9 Å². The van der Waals surface area contributed by atoms with E-state index in [9.17, 15) is 4.39 Å². The number of ether oxygens (including phenoxy) is 1. The molecule has 0 radical (unpaired) electrons. The molecule has 2 atom stereocenters. The number of alkyl halides is 1. The maximum absolute atomic E-state index is 13.0. The molecule has 1 rings (SSSR count). The van der Waals surface area contributed by atoms with Crippen LogP contribution in [0.15, 0.2) is 24.3 Å². The number of rotatable bonds is 5. The minimum Gasteiger partial charge on any atom is -0.370 e. The first-order valence-corrected chi connectivity index (χ1v) is 6.26. The molecule has 84 valence electrons. The topological polar surface area (TPSA) is 9.23 Å². The first-order valence-electron chi connectivity index (χ1n) is 5.14. The molecule has 1 aromatic rings. The van der Waals surface area contributed by atoms with Gasteiger partial charge < -0.3 is 4.74 Å². The predicted molar refractivity (Wildman–Crippen MR) is 63.8 cm³/mol. The molecule has 0 N–H and O–H groups in total. The van der Waals surface area contributed by atoms with Crippen molar-refractivity contribution in [3.8, 4) is 0 Å². The number of hydrogen-bond acceptors (Lipinski definition) is 1. The first-order chi connectivity index (χ1) is 7.17. The Hall–Kier alpha value is -0.410. The minimum atomic E-state index is -0.216. The average Bonchev–Trinajstić information content (AvgIpc) is 2.25. The molecule has 0 heterocycles. The summed E-state index contributed by atoms with van der Waals surface area (Å²) in [7, 11) is 0. The van der Waals surface area contributed by atoms with Crippen molar-refractivity contribution in [2.45, 2.75) is 32.5 Å². The van der Waals surface area contributed by atoms with Crippen LogP contribution in [0.3, 0.4) is 0 Å². The van der Waals surface area contributed by atoms with Gasteiger partial charge in [0, 0.05) is 5.33 Å². The summed E-state index contributed by atoms with van der Waals surface area (Å²) in [6.45, 7) is 4.09. The molecule has 0 aliphatic rings. The van der Waals surface area contributed by atoms with Gasteiger partial charge in [0.1, 0.15) is 5.82 Å². The van der Waals surface area contributed by atoms with Gasteiger partial charge in [-0.15, -0.1) is 0 Å². The molecule has 0 spiro atoms. The highest BCUT2D eigenvalue weighted by atomic mass is 79.9. The average molecular weight is 275 g/mol. The maximum Gasteiger partial charge on any atom is 0.123 e. The van der Waals surface area contributed by atoms with Crippen LogP contribution in [0.25, 0.3) is 0 Å². The van der Waals surface area contributed by atoms with Gasteiger partial charge in [0.15, 0.2) is 0 Å². The summed E-state index contributed by atoms with van der Waals surface area (Å²) in [4.78, 5) is 0. The van der Waals surface area contributed by atoms with Gasteiger partial charge in [-0.05, 0) is 31.0 Å². The second kappa shape index (κ2) is 6.23. The van der Waals surface area contributed by atoms with Gasteiger partial charge >= 0.3 is 0 Å². The highest BCUT2D eigenvalue weighted by Crippen LogP contribution is 2.22. The predicted octanol–water partition coefficient (Wildman–Crippen LogP) is 4.08. The highest BCUT2D eigenvalue weighted by molar-refractivity contribution is 9.09. The van der Waals surface area contributed by atoms with E-state index < -0.39 is 0 Å². The summed E-state index contributed by atoms with van der Waals surface area (Å²) in [5, 5.41) is 0.681. The third-order valence-corrected chi connectivity index (χ3v) is 2.92. The molecule has 2 unspecified atom stereocenters. The molecule has 0 saturated carbocycles. The molecule has 1 aromatic carbocycles. The van der Waals surface area contributed by atoms with E-state index in [-0.39, 0.29) is 18.0 Å². The molecule has 0 aliphatic carbocycles. The third-order valence-electron chi connectivity index (χ3n) is 2.33. The van der Waals surface area contributed by atoms with Crippen molar-refractivity contribution in [2.75, 3.05) is 5.33 Å². The monoisotopic (exact) mass is 274 g/mol. The molecule has 0 saturated heterocycles. The number of halogens is 2. The van der Waals surface area contributed by atoms with E-state index in [1.54, 1.807) is 6.07 Å². The third kappa shape index (κ3) is 3.92. The van der Waals surface area contributed by atoms with E-state index in [4.69, 9.17) is 4.74 Å². The summed E-state index contributed by atoms with van der Waals surface area (Å²) >= 11 is 3.39. The van der Waals surface area contributed by atoms with Crippen molar-refractivity contribution >= 4 is 15.9 Å². The quantitative estimate of drug-likeness (QED) is 0.736. The second-order valence-corrected chi connectivity index (χ2v) is 4.20. The molecule has 0 fully saturated rings. The SMILES string of the molecule is CCC(C)OC(CBr)c1cccc(F)c1. The first kappa shape index (κ1) is 12.7. The highest BCUT2D eigenvalue weighted by Gasteiger charge is 2.13. The zero-order valence-corrected chi connectivity index (χ0v) is 10.6. The molecule has 3 heteroatoms. The fraction of sp³-hybridized carbons (Fsp3) is 0.500. The molecule has 1 nitrogen and oxygen atoms in total. The van der Waals surface area contributed by atoms with Crippen molar-refractivity contribution in [3.63, 3.8) is 0 Å². The summed E-state index contributed by atoms with van der Waals surface area (Å²) in [6, 6.07) is 6.56. The van der Waals surface area contributed by atoms with Crippen molar-refractivity contribution < 1.29 is 9.13 Å². The molecule has 0 aliphatic heterocycles. The number of hydrogen-bond donors (Lipinski definition) is 0. The van der Waals surface area contributed by atoms with E-state index >= 15 is 0 Å². The number of benzene rings is 1. The maximum atomic E-state index is 13.0. The Morgan fingerprint density at radius 1 is 1.47 bits per heavy atom. The van der Waals surface area contributed by atoms with Crippen LogP contribution in [0.1, 0.15) is 31.9 Å². The molecular weight excluding hydrogens is 259 g/mol. The summed E-state index contributed by atoms with van der Waals surface area (Å²) < 4.78 is 18.8. The van der Waals surface area contributed by atoms with E-state index in [1.807, 2.05) is 13.0 Å². The Balaban J connectivity index is 2.73. The summed E-state index contributed by atoms with van der Waals surface area (Å²) in [6.07, 6.45) is 1.07. The van der Waals surface area contributed by atoms with Gasteiger partial charge in [-0.2, -0.15) is 0 Å². The van der Waals surface area contributed by atoms with Crippen molar-refractivity contribution in [1.82, 2.24) is 0 Å². The van der Waals surface area contributed by atoms with Crippen LogP contribution < -0.4 is 0 Å². The Morgan fingerprint density at radius 2 is 2.20 bits per heavy atom. The Labute approximate surface area is 98.8 Å². The lowest BCUT2D eigenvalue weighted by atomic mass is 10.1. The van der Waals surface area contributed by atoms with Crippen LogP contribution in [-0.4, -0.2) is 11.4 Å². The molecule has 15 heavy (non-hydrogen) atoms. The second-order valence-electron chi connectivity index (χ2n) is 3.55. The standard InChI is InChI=1S/C12H16BrFO/c1-3-9(2)15-12(8-13)10-5-4-6-11(14)7-10/h4-7,9,12H,3,8H2,1-2H3. The molecule has 0 amide bonds. The van der Waals surface area contributed by atoms with Gasteiger partial charge in [-0.1, -0.05) is 35.0 Å². The zero-order valence-electron chi connectivity index (χ0n) is 9.04. The van der Waals surface area contributed by atoms with Gasteiger partial charge in [0.2, 0.25) is 0 Å². The fourth-order valence-corrected chi connectivity index (χ4v) is 1.81. The van der Waals surface area contributed by atoms with Crippen LogP contribution in [-0.2, 0) is 4.74 Å². The molecule has 0 bridgehead atoms. The van der Waals surface area contributed by atoms with E-state index in [0.717, 1.165) is 12.0 Å². The molecule has 0 aromatic heterocycles. The summed E-state index contributed by atoms with van der Waals surface area (Å²) in [5.74, 6) is -0.216. The lowest BCUT2D eigenvalue weighted by Crippen LogP contribution is -2.14. The van der Waals surface area contributed by atoms with E-state index in [1.165, 1.54) is 12.1 Å². The van der Waals surface area contributed by atoms with Crippen LogP contribution in [0.2, 0.25) is 0 Å². The van der Waals surface area contributed by atoms with Crippen molar-refractivity contribution in [1.29, 1.82) is 0 Å². The van der Waals surface area contributed by atoms with Crippen molar-refractivity contribution in [3.05, 3.63) is 35.6 Å². The Bertz CT molecular complexity index is 303. The van der Waals surface area contributed by atoms with Gasteiger partial charge in [-0.25, -0.2) is 4.39 Å². The lowest BCUT2D eigenvalue weighted by molar-refractivity contribution is 0.00871. The van der Waals surface area contributed by atoms with Crippen LogP contribution in [0, 0.1) is 5.82 Å². The Kier molecular flexibility index (Phi) is 5.26. The van der Waals surface area contributed by atoms with E-state index in [0.29, 0.717) is 5.33 Å². The smallest absolute Gasteiger partial charge is 0.123 e. The normalized spacial score (nSPS) is 14.9. The summed E-state index contributed by atoms with van der Waals surface area (Å²) in [5.41, 5.74) is 0.882. The van der Waals surface area contributed by atoms with Crippen LogP contribution in [0.5, 0.6) is 0 Å². The van der Waals surface area contributed by atoms with Gasteiger partial charge in [-0.3, -0.25) is 0 Å². The zero-order chi connectivity index (χ0) is 11.3. The van der Waals surface area contributed by atoms with Gasteiger partial charge in [0.05, 0.1) is 12.2 Å².